The predicted molar refractivity (Wildman–Crippen MR) is 58.2 cm³/mol. The van der Waals surface area contributed by atoms with Crippen molar-refractivity contribution in [3.8, 4) is 11.3 Å². The third-order valence-corrected chi connectivity index (χ3v) is 1.88. The smallest absolute Gasteiger partial charge is 0.353 e. The minimum Gasteiger partial charge on any atom is -0.477 e. The molecule has 2 aromatic rings. The lowest BCUT2D eigenvalue weighted by molar-refractivity contribution is 0.0690. The van der Waals surface area contributed by atoms with E-state index in [9.17, 15) is 4.79 Å². The van der Waals surface area contributed by atoms with Gasteiger partial charge >= 0.3 is 5.97 Å². The topological polar surface area (TPSA) is 66.0 Å². The summed E-state index contributed by atoms with van der Waals surface area (Å²) in [5, 5.41) is 15.0. The zero-order valence-electron chi connectivity index (χ0n) is 7.68. The van der Waals surface area contributed by atoms with Gasteiger partial charge in [0, 0.05) is 5.56 Å². The van der Waals surface area contributed by atoms with Crippen LogP contribution in [0.2, 0.25) is 0 Å². The van der Waals surface area contributed by atoms with Gasteiger partial charge in [-0.2, -0.15) is 5.10 Å². The van der Waals surface area contributed by atoms with Gasteiger partial charge in [0.2, 0.25) is 0 Å². The quantitative estimate of drug-likeness (QED) is 0.822. The van der Waals surface area contributed by atoms with Gasteiger partial charge in [-0.1, -0.05) is 30.3 Å². The van der Waals surface area contributed by atoms with E-state index in [1.54, 1.807) is 0 Å². The van der Waals surface area contributed by atoms with Crippen LogP contribution in [0.25, 0.3) is 11.3 Å². The molecule has 1 aromatic heterocycles. The van der Waals surface area contributed by atoms with E-state index in [2.05, 4.69) is 10.2 Å². The van der Waals surface area contributed by atoms with E-state index >= 15 is 0 Å². The summed E-state index contributed by atoms with van der Waals surface area (Å²) in [6.07, 6.45) is 0. The van der Waals surface area contributed by atoms with Gasteiger partial charge in [-0.15, -0.1) is 12.4 Å². The second-order valence-corrected chi connectivity index (χ2v) is 2.84. The molecule has 5 heteroatoms. The van der Waals surface area contributed by atoms with Crippen LogP contribution in [0.3, 0.4) is 0 Å². The maximum atomic E-state index is 10.6. The number of carboxylic acid groups (broad SMARTS) is 1. The fourth-order valence-corrected chi connectivity index (χ4v) is 1.19. The summed E-state index contributed by atoms with van der Waals surface area (Å²) in [5.41, 5.74) is 1.64. The first-order valence-electron chi connectivity index (χ1n) is 4.11. The van der Waals surface area contributed by atoms with Crippen LogP contribution in [-0.4, -0.2) is 21.3 Å². The number of carbonyl (C=O) groups is 1. The van der Waals surface area contributed by atoms with Gasteiger partial charge < -0.3 is 5.11 Å². The lowest BCUT2D eigenvalue weighted by Gasteiger charge is -1.92. The minimum absolute atomic E-state index is 0. The number of carboxylic acids is 1. The van der Waals surface area contributed by atoms with Crippen LogP contribution in [0.5, 0.6) is 0 Å². The summed E-state index contributed by atoms with van der Waals surface area (Å²) < 4.78 is 0. The van der Waals surface area contributed by atoms with Gasteiger partial charge in [0.15, 0.2) is 0 Å². The number of benzene rings is 1. The minimum atomic E-state index is -1.00. The molecule has 78 valence electrons. The number of aromatic amines is 1. The Bertz CT molecular complexity index is 453. The van der Waals surface area contributed by atoms with Crippen LogP contribution in [0.1, 0.15) is 10.5 Å². The van der Waals surface area contributed by atoms with Crippen molar-refractivity contribution in [1.29, 1.82) is 0 Å². The van der Waals surface area contributed by atoms with Crippen molar-refractivity contribution < 1.29 is 9.90 Å². The second-order valence-electron chi connectivity index (χ2n) is 2.84. The number of aromatic nitrogens is 2. The molecule has 4 nitrogen and oxygen atoms in total. The van der Waals surface area contributed by atoms with Crippen LogP contribution in [0.15, 0.2) is 36.4 Å². The summed E-state index contributed by atoms with van der Waals surface area (Å²) in [7, 11) is 0. The maximum Gasteiger partial charge on any atom is 0.353 e. The van der Waals surface area contributed by atoms with Crippen molar-refractivity contribution >= 4 is 18.4 Å². The van der Waals surface area contributed by atoms with Gasteiger partial charge in [0.1, 0.15) is 5.69 Å². The number of rotatable bonds is 2. The molecule has 1 aromatic carbocycles. The van der Waals surface area contributed by atoms with Crippen molar-refractivity contribution in [1.82, 2.24) is 10.2 Å². The first kappa shape index (κ1) is 11.3. The summed E-state index contributed by atoms with van der Waals surface area (Å²) in [6, 6.07) is 10.9. The van der Waals surface area contributed by atoms with Gasteiger partial charge in [-0.3, -0.25) is 5.10 Å². The number of hydrogen-bond acceptors (Lipinski definition) is 2. The molecule has 2 rings (SSSR count). The van der Waals surface area contributed by atoms with E-state index < -0.39 is 5.97 Å². The number of nitrogens with one attached hydrogen (secondary N) is 1. The molecule has 0 amide bonds. The molecule has 0 fully saturated rings. The zero-order valence-corrected chi connectivity index (χ0v) is 8.49. The molecule has 1 heterocycles. The SMILES string of the molecule is Cl.O=C(O)c1cc(-c2ccccc2)n[nH]1. The number of hydrogen-bond donors (Lipinski definition) is 2. The zero-order chi connectivity index (χ0) is 9.97. The largest absolute Gasteiger partial charge is 0.477 e. The average Bonchev–Trinajstić information content (AvgIpc) is 2.68. The lowest BCUT2D eigenvalue weighted by atomic mass is 10.1. The Labute approximate surface area is 92.4 Å². The Morgan fingerprint density at radius 1 is 1.27 bits per heavy atom. The Balaban J connectivity index is 0.00000112. The van der Waals surface area contributed by atoms with Crippen LogP contribution in [0.4, 0.5) is 0 Å². The molecular weight excluding hydrogens is 216 g/mol. The van der Waals surface area contributed by atoms with E-state index in [4.69, 9.17) is 5.11 Å². The van der Waals surface area contributed by atoms with Crippen molar-refractivity contribution in [2.45, 2.75) is 0 Å². The highest BCUT2D eigenvalue weighted by Crippen LogP contribution is 2.16. The van der Waals surface area contributed by atoms with E-state index in [1.165, 1.54) is 6.07 Å². The molecule has 0 aliphatic carbocycles. The van der Waals surface area contributed by atoms with Crippen LogP contribution < -0.4 is 0 Å². The number of aromatic carboxylic acids is 1. The molecule has 0 bridgehead atoms. The summed E-state index contributed by atoms with van der Waals surface area (Å²) >= 11 is 0. The van der Waals surface area contributed by atoms with Gasteiger partial charge in [0.25, 0.3) is 0 Å². The molecule has 0 unspecified atom stereocenters. The molecule has 0 aliphatic rings. The van der Waals surface area contributed by atoms with E-state index in [-0.39, 0.29) is 18.1 Å². The normalized spacial score (nSPS) is 9.33. The highest BCUT2D eigenvalue weighted by molar-refractivity contribution is 5.86. The van der Waals surface area contributed by atoms with Crippen LogP contribution in [0, 0.1) is 0 Å². The average molecular weight is 225 g/mol. The maximum absolute atomic E-state index is 10.6. The Kier molecular flexibility index (Phi) is 3.46. The second kappa shape index (κ2) is 4.61. The summed E-state index contributed by atoms with van der Waals surface area (Å²) in [6.45, 7) is 0. The van der Waals surface area contributed by atoms with Crippen LogP contribution >= 0.6 is 12.4 Å². The number of nitrogens with zero attached hydrogens (tertiary/aromatic N) is 1. The van der Waals surface area contributed by atoms with Crippen molar-refractivity contribution in [2.75, 3.05) is 0 Å². The van der Waals surface area contributed by atoms with E-state index in [0.717, 1.165) is 5.56 Å². The predicted octanol–water partition coefficient (Wildman–Crippen LogP) is 2.20. The van der Waals surface area contributed by atoms with Crippen molar-refractivity contribution in [3.63, 3.8) is 0 Å². The lowest BCUT2D eigenvalue weighted by Crippen LogP contribution is -1.95. The Morgan fingerprint density at radius 2 is 1.93 bits per heavy atom. The molecule has 0 aliphatic heterocycles. The van der Waals surface area contributed by atoms with Gasteiger partial charge in [-0.25, -0.2) is 4.79 Å². The molecule has 0 spiro atoms. The molecular formula is C10H9ClN2O2. The Hall–Kier alpha value is -1.81. The summed E-state index contributed by atoms with van der Waals surface area (Å²) in [5.74, 6) is -1.00. The van der Waals surface area contributed by atoms with Crippen molar-refractivity contribution in [2.24, 2.45) is 0 Å². The number of H-pyrrole nitrogens is 1. The molecule has 0 atom stereocenters. The first-order chi connectivity index (χ1) is 6.77. The molecule has 0 saturated carbocycles. The van der Waals surface area contributed by atoms with Crippen molar-refractivity contribution in [3.05, 3.63) is 42.1 Å². The highest BCUT2D eigenvalue weighted by atomic mass is 35.5. The standard InChI is InChI=1S/C10H8N2O2.ClH/c13-10(14)9-6-8(11-12-9)7-4-2-1-3-5-7;/h1-6H,(H,11,12)(H,13,14);1H. The third-order valence-electron chi connectivity index (χ3n) is 1.88. The monoisotopic (exact) mass is 224 g/mol. The Morgan fingerprint density at radius 3 is 2.47 bits per heavy atom. The molecule has 0 radical (unpaired) electrons. The molecule has 15 heavy (non-hydrogen) atoms. The molecule has 0 saturated heterocycles. The first-order valence-corrected chi connectivity index (χ1v) is 4.11. The summed E-state index contributed by atoms with van der Waals surface area (Å²) in [4.78, 5) is 10.6. The van der Waals surface area contributed by atoms with E-state index in [1.807, 2.05) is 30.3 Å². The van der Waals surface area contributed by atoms with Gasteiger partial charge in [-0.05, 0) is 6.07 Å². The fourth-order valence-electron chi connectivity index (χ4n) is 1.19. The highest BCUT2D eigenvalue weighted by Gasteiger charge is 2.08. The number of halogens is 1. The van der Waals surface area contributed by atoms with E-state index in [0.29, 0.717) is 5.69 Å². The van der Waals surface area contributed by atoms with Crippen LogP contribution in [-0.2, 0) is 0 Å². The fraction of sp³-hybridized carbons (Fsp3) is 0. The third kappa shape index (κ3) is 2.35. The molecule has 2 N–H and O–H groups in total. The van der Waals surface area contributed by atoms with Gasteiger partial charge in [0.05, 0.1) is 5.69 Å².